The van der Waals surface area contributed by atoms with Gasteiger partial charge in [0.1, 0.15) is 22.6 Å². The lowest BCUT2D eigenvalue weighted by atomic mass is 10.0. The molecule has 8 nitrogen and oxygen atoms in total. The Bertz CT molecular complexity index is 1450. The van der Waals surface area contributed by atoms with E-state index in [0.29, 0.717) is 18.1 Å². The summed E-state index contributed by atoms with van der Waals surface area (Å²) < 4.78 is 31.8. The van der Waals surface area contributed by atoms with Crippen LogP contribution in [0.3, 0.4) is 0 Å². The number of anilines is 2. The third-order valence-corrected chi connectivity index (χ3v) is 5.94. The van der Waals surface area contributed by atoms with Crippen LogP contribution in [-0.2, 0) is 25.2 Å². The summed E-state index contributed by atoms with van der Waals surface area (Å²) in [5.41, 5.74) is 1.02. The molecular weight excluding hydrogens is 440 g/mol. The van der Waals surface area contributed by atoms with Gasteiger partial charge in [-0.3, -0.25) is 4.79 Å². The Labute approximate surface area is 194 Å². The Morgan fingerprint density at radius 1 is 1.18 bits per heavy atom. The quantitative estimate of drug-likeness (QED) is 0.467. The van der Waals surface area contributed by atoms with Crippen molar-refractivity contribution in [3.8, 4) is 5.82 Å². The third kappa shape index (κ3) is 3.83. The molecule has 0 saturated heterocycles. The van der Waals surface area contributed by atoms with Gasteiger partial charge in [-0.2, -0.15) is 4.98 Å². The number of nitrogens with zero attached hydrogens (tertiary/aromatic N) is 5. The summed E-state index contributed by atoms with van der Waals surface area (Å²) in [5, 5.41) is 6.85. The van der Waals surface area contributed by atoms with Crippen molar-refractivity contribution in [1.82, 2.24) is 29.6 Å². The Hall–Kier alpha value is -3.66. The first kappa shape index (κ1) is 22.1. The number of halogens is 2. The Balaban J connectivity index is 1.62. The summed E-state index contributed by atoms with van der Waals surface area (Å²) >= 11 is 0. The van der Waals surface area contributed by atoms with Crippen molar-refractivity contribution in [2.45, 2.75) is 46.0 Å². The number of alkyl halides is 1. The van der Waals surface area contributed by atoms with Crippen LogP contribution in [0.5, 0.6) is 0 Å². The molecule has 0 fully saturated rings. The van der Waals surface area contributed by atoms with E-state index in [9.17, 15) is 13.6 Å². The van der Waals surface area contributed by atoms with Crippen molar-refractivity contribution in [3.63, 3.8) is 0 Å². The second-order valence-electron chi connectivity index (χ2n) is 8.77. The molecule has 2 N–H and O–H groups in total. The highest BCUT2D eigenvalue weighted by Gasteiger charge is 2.27. The Kier molecular flexibility index (Phi) is 5.40. The van der Waals surface area contributed by atoms with Crippen molar-refractivity contribution >= 4 is 22.7 Å². The molecule has 0 atom stereocenters. The van der Waals surface area contributed by atoms with Crippen LogP contribution in [0.1, 0.15) is 37.6 Å². The Morgan fingerprint density at radius 3 is 2.76 bits per heavy atom. The van der Waals surface area contributed by atoms with Gasteiger partial charge in [0.15, 0.2) is 11.5 Å². The van der Waals surface area contributed by atoms with Gasteiger partial charge >= 0.3 is 0 Å². The predicted octanol–water partition coefficient (Wildman–Crippen LogP) is 3.73. The standard InChI is InChI=1S/C24H25F2N7O/c1-4-32-22(34)17-13-28-23(29-16-6-5-15-12-27-10-9-14(15)11-16)31-21(17)33(32)19-8-7-18(25)20(30-19)24(2,3)26/h5-8,11,13,27H,4,9-10,12H2,1-3H3,(H,28,29,31). The number of aromatic nitrogens is 5. The van der Waals surface area contributed by atoms with Crippen LogP contribution in [0.25, 0.3) is 16.9 Å². The van der Waals surface area contributed by atoms with Crippen molar-refractivity contribution in [3.05, 3.63) is 69.5 Å². The minimum absolute atomic E-state index is 0.196. The van der Waals surface area contributed by atoms with Crippen molar-refractivity contribution < 1.29 is 8.78 Å². The van der Waals surface area contributed by atoms with E-state index < -0.39 is 11.5 Å². The summed E-state index contributed by atoms with van der Waals surface area (Å²) in [6.45, 7) is 6.36. The molecule has 0 bridgehead atoms. The highest BCUT2D eigenvalue weighted by molar-refractivity contribution is 5.77. The first-order chi connectivity index (χ1) is 16.3. The van der Waals surface area contributed by atoms with Gasteiger partial charge in [-0.05, 0) is 69.1 Å². The largest absolute Gasteiger partial charge is 0.324 e. The van der Waals surface area contributed by atoms with Crippen LogP contribution >= 0.6 is 0 Å². The summed E-state index contributed by atoms with van der Waals surface area (Å²) in [6.07, 6.45) is 2.40. The van der Waals surface area contributed by atoms with Crippen molar-refractivity contribution in [2.24, 2.45) is 0 Å². The van der Waals surface area contributed by atoms with E-state index in [-0.39, 0.29) is 22.5 Å². The molecule has 1 aliphatic rings. The number of nitrogens with one attached hydrogen (secondary N) is 2. The minimum atomic E-state index is -2.00. The SMILES string of the molecule is CCn1c(=O)c2cnc(Nc3ccc4c(c3)CCNC4)nc2n1-c1ccc(F)c(C(C)(C)F)n1. The number of rotatable bonds is 5. The molecule has 10 heteroatoms. The van der Waals surface area contributed by atoms with Crippen LogP contribution in [0.15, 0.2) is 41.3 Å². The van der Waals surface area contributed by atoms with Crippen LogP contribution in [0.4, 0.5) is 20.4 Å². The van der Waals surface area contributed by atoms with Gasteiger partial charge in [-0.25, -0.2) is 28.1 Å². The van der Waals surface area contributed by atoms with Crippen LogP contribution in [0, 0.1) is 5.82 Å². The van der Waals surface area contributed by atoms with Crippen LogP contribution < -0.4 is 16.2 Å². The lowest BCUT2D eigenvalue weighted by molar-refractivity contribution is 0.205. The topological polar surface area (TPSA) is 89.7 Å². The lowest BCUT2D eigenvalue weighted by Gasteiger charge is -2.18. The van der Waals surface area contributed by atoms with E-state index in [1.54, 1.807) is 6.92 Å². The van der Waals surface area contributed by atoms with E-state index in [1.165, 1.54) is 46.6 Å². The van der Waals surface area contributed by atoms with E-state index >= 15 is 0 Å². The Morgan fingerprint density at radius 2 is 2.00 bits per heavy atom. The van der Waals surface area contributed by atoms with E-state index in [0.717, 1.165) is 31.3 Å². The summed E-state index contributed by atoms with van der Waals surface area (Å²) in [4.78, 5) is 26.1. The van der Waals surface area contributed by atoms with Crippen molar-refractivity contribution in [1.29, 1.82) is 0 Å². The molecule has 5 rings (SSSR count). The summed E-state index contributed by atoms with van der Waals surface area (Å²) in [7, 11) is 0. The molecule has 176 valence electrons. The second-order valence-corrected chi connectivity index (χ2v) is 8.77. The van der Waals surface area contributed by atoms with Crippen molar-refractivity contribution in [2.75, 3.05) is 11.9 Å². The number of fused-ring (bicyclic) bond motifs is 2. The molecule has 0 radical (unpaired) electrons. The second kappa shape index (κ2) is 8.28. The maximum absolute atomic E-state index is 14.6. The zero-order valence-electron chi connectivity index (χ0n) is 19.2. The predicted molar refractivity (Wildman–Crippen MR) is 126 cm³/mol. The summed E-state index contributed by atoms with van der Waals surface area (Å²) in [6, 6.07) is 8.65. The van der Waals surface area contributed by atoms with Gasteiger partial charge < -0.3 is 10.6 Å². The van der Waals surface area contributed by atoms with Gasteiger partial charge in [0.25, 0.3) is 5.56 Å². The highest BCUT2D eigenvalue weighted by Crippen LogP contribution is 2.27. The molecule has 0 aliphatic carbocycles. The molecule has 1 aromatic carbocycles. The average Bonchev–Trinajstić information content (AvgIpc) is 3.09. The molecule has 0 unspecified atom stereocenters. The van der Waals surface area contributed by atoms with Gasteiger partial charge in [0.2, 0.25) is 5.95 Å². The average molecular weight is 466 g/mol. The third-order valence-electron chi connectivity index (χ3n) is 5.94. The van der Waals surface area contributed by atoms with Crippen LogP contribution in [0.2, 0.25) is 0 Å². The number of pyridine rings is 1. The van der Waals surface area contributed by atoms with Gasteiger partial charge in [0, 0.05) is 25.0 Å². The van der Waals surface area contributed by atoms with E-state index in [4.69, 9.17) is 0 Å². The smallest absolute Gasteiger partial charge is 0.278 e. The molecule has 0 amide bonds. The fourth-order valence-corrected chi connectivity index (χ4v) is 4.26. The zero-order valence-corrected chi connectivity index (χ0v) is 19.2. The molecule has 4 heterocycles. The van der Waals surface area contributed by atoms with E-state index in [2.05, 4.69) is 37.7 Å². The van der Waals surface area contributed by atoms with E-state index in [1.807, 2.05) is 6.07 Å². The fraction of sp³-hybridized carbons (Fsp3) is 0.333. The number of hydrogen-bond acceptors (Lipinski definition) is 6. The number of benzene rings is 1. The number of hydrogen-bond donors (Lipinski definition) is 2. The fourth-order valence-electron chi connectivity index (χ4n) is 4.26. The monoisotopic (exact) mass is 465 g/mol. The molecule has 3 aromatic heterocycles. The lowest BCUT2D eigenvalue weighted by Crippen LogP contribution is -2.23. The molecule has 0 spiro atoms. The molecule has 1 aliphatic heterocycles. The van der Waals surface area contributed by atoms with Gasteiger partial charge in [-0.1, -0.05) is 6.07 Å². The highest BCUT2D eigenvalue weighted by atomic mass is 19.1. The zero-order chi connectivity index (χ0) is 24.0. The first-order valence-electron chi connectivity index (χ1n) is 11.2. The normalized spacial score (nSPS) is 13.8. The van der Waals surface area contributed by atoms with Gasteiger partial charge in [0.05, 0.1) is 0 Å². The molecule has 34 heavy (non-hydrogen) atoms. The summed E-state index contributed by atoms with van der Waals surface area (Å²) in [5.74, 6) is -0.253. The van der Waals surface area contributed by atoms with Crippen LogP contribution in [-0.4, -0.2) is 30.9 Å². The molecule has 0 saturated carbocycles. The van der Waals surface area contributed by atoms with Gasteiger partial charge in [-0.15, -0.1) is 0 Å². The maximum atomic E-state index is 14.6. The first-order valence-corrected chi connectivity index (χ1v) is 11.2. The minimum Gasteiger partial charge on any atom is -0.324 e. The molecule has 4 aromatic rings. The molecular formula is C24H25F2N7O. The maximum Gasteiger partial charge on any atom is 0.278 e.